The Morgan fingerprint density at radius 2 is 2.16 bits per heavy atom. The second kappa shape index (κ2) is 7.40. The summed E-state index contributed by atoms with van der Waals surface area (Å²) < 4.78 is 33.0. The number of nitrogens with one attached hydrogen (secondary N) is 1. The standard InChI is InChI=1S/C16H22N4O4S/c1-13(9-14-5-4-8-24-14)18-15(21)10-19-11-16(17-12-19)25(22,23)20-6-2-3-7-20/h4-5,8,11-13H,2-3,6-7,9-10H2,1H3,(H,18,21). The second-order valence-corrected chi connectivity index (χ2v) is 8.13. The van der Waals surface area contributed by atoms with Crippen LogP contribution in [-0.4, -0.2) is 47.3 Å². The minimum Gasteiger partial charge on any atom is -0.469 e. The minimum atomic E-state index is -3.55. The van der Waals surface area contributed by atoms with Gasteiger partial charge in [-0.25, -0.2) is 13.4 Å². The van der Waals surface area contributed by atoms with Gasteiger partial charge in [0, 0.05) is 31.7 Å². The van der Waals surface area contributed by atoms with E-state index in [0.29, 0.717) is 19.5 Å². The van der Waals surface area contributed by atoms with E-state index < -0.39 is 10.0 Å². The van der Waals surface area contributed by atoms with Crippen molar-refractivity contribution in [3.8, 4) is 0 Å². The molecule has 3 heterocycles. The molecular formula is C16H22N4O4S. The van der Waals surface area contributed by atoms with Crippen molar-refractivity contribution in [1.82, 2.24) is 19.2 Å². The maximum Gasteiger partial charge on any atom is 0.262 e. The summed E-state index contributed by atoms with van der Waals surface area (Å²) in [6.07, 6.45) is 6.71. The molecule has 25 heavy (non-hydrogen) atoms. The van der Waals surface area contributed by atoms with Crippen molar-refractivity contribution in [2.24, 2.45) is 0 Å². The third kappa shape index (κ3) is 4.29. The van der Waals surface area contributed by atoms with Gasteiger partial charge in [0.2, 0.25) is 5.91 Å². The zero-order valence-electron chi connectivity index (χ0n) is 14.1. The van der Waals surface area contributed by atoms with Crippen LogP contribution in [0.1, 0.15) is 25.5 Å². The number of sulfonamides is 1. The van der Waals surface area contributed by atoms with Gasteiger partial charge in [-0.3, -0.25) is 4.79 Å². The van der Waals surface area contributed by atoms with E-state index in [1.165, 1.54) is 21.4 Å². The summed E-state index contributed by atoms with van der Waals surface area (Å²) in [5.74, 6) is 0.594. The first-order valence-electron chi connectivity index (χ1n) is 8.29. The van der Waals surface area contributed by atoms with Crippen molar-refractivity contribution in [3.63, 3.8) is 0 Å². The van der Waals surface area contributed by atoms with Crippen LogP contribution >= 0.6 is 0 Å². The first-order chi connectivity index (χ1) is 11.9. The van der Waals surface area contributed by atoms with E-state index >= 15 is 0 Å². The van der Waals surface area contributed by atoms with Gasteiger partial charge in [0.25, 0.3) is 10.0 Å². The van der Waals surface area contributed by atoms with E-state index in [1.54, 1.807) is 12.3 Å². The minimum absolute atomic E-state index is 0.00849. The molecule has 1 amide bonds. The molecule has 1 N–H and O–H groups in total. The van der Waals surface area contributed by atoms with Crippen molar-refractivity contribution in [2.45, 2.75) is 43.8 Å². The molecule has 0 aliphatic carbocycles. The van der Waals surface area contributed by atoms with Crippen LogP contribution in [0.3, 0.4) is 0 Å². The predicted molar refractivity (Wildman–Crippen MR) is 90.2 cm³/mol. The molecule has 1 saturated heterocycles. The number of furan rings is 1. The monoisotopic (exact) mass is 366 g/mol. The van der Waals surface area contributed by atoms with Crippen molar-refractivity contribution in [2.75, 3.05) is 13.1 Å². The summed E-state index contributed by atoms with van der Waals surface area (Å²) in [6, 6.07) is 3.57. The van der Waals surface area contributed by atoms with Gasteiger partial charge in [0.05, 0.1) is 12.6 Å². The molecule has 0 spiro atoms. The third-order valence-electron chi connectivity index (χ3n) is 4.10. The summed E-state index contributed by atoms with van der Waals surface area (Å²) in [5.41, 5.74) is 0. The normalized spacial score (nSPS) is 16.8. The lowest BCUT2D eigenvalue weighted by Crippen LogP contribution is -2.36. The zero-order chi connectivity index (χ0) is 17.9. The zero-order valence-corrected chi connectivity index (χ0v) is 14.9. The Labute approximate surface area is 146 Å². The summed E-state index contributed by atoms with van der Waals surface area (Å²) in [7, 11) is -3.55. The van der Waals surface area contributed by atoms with Crippen molar-refractivity contribution < 1.29 is 17.6 Å². The van der Waals surface area contributed by atoms with Crippen LogP contribution in [0.5, 0.6) is 0 Å². The van der Waals surface area contributed by atoms with Crippen LogP contribution in [0.4, 0.5) is 0 Å². The van der Waals surface area contributed by atoms with Crippen LogP contribution in [0, 0.1) is 0 Å². The van der Waals surface area contributed by atoms with Gasteiger partial charge in [0.1, 0.15) is 12.3 Å². The number of imidazole rings is 1. The summed E-state index contributed by atoms with van der Waals surface area (Å²) >= 11 is 0. The van der Waals surface area contributed by atoms with Gasteiger partial charge in [-0.1, -0.05) is 0 Å². The number of hydrogen-bond acceptors (Lipinski definition) is 5. The molecule has 2 aromatic rings. The van der Waals surface area contributed by atoms with Gasteiger partial charge in [-0.15, -0.1) is 0 Å². The van der Waals surface area contributed by atoms with E-state index in [1.807, 2.05) is 13.0 Å². The molecule has 2 aromatic heterocycles. The lowest BCUT2D eigenvalue weighted by Gasteiger charge is -2.13. The van der Waals surface area contributed by atoms with Gasteiger partial charge in [-0.2, -0.15) is 4.31 Å². The molecule has 0 saturated carbocycles. The number of amides is 1. The van der Waals surface area contributed by atoms with Gasteiger partial charge in [-0.05, 0) is 31.9 Å². The second-order valence-electron chi connectivity index (χ2n) is 6.25. The average Bonchev–Trinajstić information content (AvgIpc) is 3.29. The molecule has 3 rings (SSSR count). The Balaban J connectivity index is 1.56. The molecule has 1 unspecified atom stereocenters. The number of carbonyl (C=O) groups is 1. The van der Waals surface area contributed by atoms with Gasteiger partial charge >= 0.3 is 0 Å². The molecule has 8 nitrogen and oxygen atoms in total. The highest BCUT2D eigenvalue weighted by molar-refractivity contribution is 7.89. The largest absolute Gasteiger partial charge is 0.469 e. The maximum absolute atomic E-state index is 12.4. The van der Waals surface area contributed by atoms with E-state index in [4.69, 9.17) is 4.42 Å². The van der Waals surface area contributed by atoms with Gasteiger partial charge in [0.15, 0.2) is 5.03 Å². The quantitative estimate of drug-likeness (QED) is 0.789. The fraction of sp³-hybridized carbons (Fsp3) is 0.500. The fourth-order valence-corrected chi connectivity index (χ4v) is 4.34. The van der Waals surface area contributed by atoms with E-state index in [9.17, 15) is 13.2 Å². The maximum atomic E-state index is 12.4. The lowest BCUT2D eigenvalue weighted by atomic mass is 10.2. The third-order valence-corrected chi connectivity index (χ3v) is 5.88. The highest BCUT2D eigenvalue weighted by Gasteiger charge is 2.29. The van der Waals surface area contributed by atoms with Crippen molar-refractivity contribution in [1.29, 1.82) is 0 Å². The molecule has 1 aliphatic rings. The first kappa shape index (κ1) is 17.7. The van der Waals surface area contributed by atoms with Crippen molar-refractivity contribution >= 4 is 15.9 Å². The number of carbonyl (C=O) groups excluding carboxylic acids is 1. The highest BCUT2D eigenvalue weighted by Crippen LogP contribution is 2.19. The van der Waals surface area contributed by atoms with E-state index in [-0.39, 0.29) is 23.5 Å². The van der Waals surface area contributed by atoms with Gasteiger partial charge < -0.3 is 14.3 Å². The molecule has 136 valence electrons. The molecule has 0 bridgehead atoms. The number of aromatic nitrogens is 2. The molecule has 9 heteroatoms. The van der Waals surface area contributed by atoms with Crippen LogP contribution in [0.2, 0.25) is 0 Å². The van der Waals surface area contributed by atoms with E-state index in [2.05, 4.69) is 10.3 Å². The Morgan fingerprint density at radius 1 is 1.40 bits per heavy atom. The first-order valence-corrected chi connectivity index (χ1v) is 9.73. The Kier molecular flexibility index (Phi) is 5.24. The van der Waals surface area contributed by atoms with E-state index in [0.717, 1.165) is 18.6 Å². The van der Waals surface area contributed by atoms with Crippen LogP contribution in [0.15, 0.2) is 40.4 Å². The molecular weight excluding hydrogens is 344 g/mol. The molecule has 1 fully saturated rings. The topological polar surface area (TPSA) is 97.4 Å². The Morgan fingerprint density at radius 3 is 2.84 bits per heavy atom. The molecule has 0 aromatic carbocycles. The molecule has 1 atom stereocenters. The van der Waals surface area contributed by atoms with Crippen LogP contribution < -0.4 is 5.32 Å². The highest BCUT2D eigenvalue weighted by atomic mass is 32.2. The number of hydrogen-bond donors (Lipinski definition) is 1. The lowest BCUT2D eigenvalue weighted by molar-refractivity contribution is -0.122. The SMILES string of the molecule is CC(Cc1ccco1)NC(=O)Cn1cnc(S(=O)(=O)N2CCCC2)c1. The number of rotatable bonds is 7. The molecule has 0 radical (unpaired) electrons. The van der Waals surface area contributed by atoms with Crippen LogP contribution in [-0.2, 0) is 27.8 Å². The summed E-state index contributed by atoms with van der Waals surface area (Å²) in [5, 5.41) is 2.85. The summed E-state index contributed by atoms with van der Waals surface area (Å²) in [4.78, 5) is 16.1. The average molecular weight is 366 g/mol. The summed E-state index contributed by atoms with van der Waals surface area (Å²) in [6.45, 7) is 2.96. The van der Waals surface area contributed by atoms with Crippen molar-refractivity contribution in [3.05, 3.63) is 36.7 Å². The van der Waals surface area contributed by atoms with Crippen LogP contribution in [0.25, 0.3) is 0 Å². The predicted octanol–water partition coefficient (Wildman–Crippen LogP) is 1.01. The Hall–Kier alpha value is -2.13. The Bertz CT molecular complexity index is 807. The smallest absolute Gasteiger partial charge is 0.262 e. The fourth-order valence-electron chi connectivity index (χ4n) is 2.89. The number of nitrogens with zero attached hydrogens (tertiary/aromatic N) is 3. The molecule has 1 aliphatic heterocycles.